The van der Waals surface area contributed by atoms with Crippen molar-refractivity contribution in [2.24, 2.45) is 0 Å². The van der Waals surface area contributed by atoms with E-state index in [1.165, 1.54) is 19.2 Å². The largest absolute Gasteiger partial charge is 0.496 e. The highest BCUT2D eigenvalue weighted by Gasteiger charge is 2.28. The van der Waals surface area contributed by atoms with Crippen molar-refractivity contribution < 1.29 is 23.4 Å². The number of rotatable bonds is 8. The lowest BCUT2D eigenvalue weighted by Gasteiger charge is -2.14. The second-order valence-corrected chi connectivity index (χ2v) is 7.46. The Morgan fingerprint density at radius 2 is 2.00 bits per heavy atom. The van der Waals surface area contributed by atoms with Crippen LogP contribution in [0.5, 0.6) is 17.4 Å². The molecule has 0 bridgehead atoms. The van der Waals surface area contributed by atoms with Crippen LogP contribution < -0.4 is 19.5 Å². The van der Waals surface area contributed by atoms with E-state index in [2.05, 4.69) is 15.5 Å². The van der Waals surface area contributed by atoms with Gasteiger partial charge in [-0.15, -0.1) is 10.2 Å². The summed E-state index contributed by atoms with van der Waals surface area (Å²) in [5.74, 6) is 1.26. The number of methoxy groups -OCH3 is 2. The molecule has 0 spiro atoms. The molecule has 1 aliphatic heterocycles. The fraction of sp³-hybridized carbons (Fsp3) is 0.292. The van der Waals surface area contributed by atoms with Gasteiger partial charge < -0.3 is 19.5 Å². The molecule has 3 aromatic rings. The molecule has 0 fully saturated rings. The molecule has 166 valence electrons. The van der Waals surface area contributed by atoms with Gasteiger partial charge in [0.2, 0.25) is 11.8 Å². The standard InChI is InChI=1S/C24H24FN3O4/c1-30-21-6-4-3-5-15(21)7-9-22(29)26-14-18-12-16-11-17(25)13-19(24(16)32-18)20-8-10-23(31-2)28-27-20/h3-6,8,10-11,13,18H,7,9,12,14H2,1-2H3,(H,26,29)/t18-/m1/s1. The second-order valence-electron chi connectivity index (χ2n) is 7.46. The number of ether oxygens (including phenoxy) is 3. The van der Waals surface area contributed by atoms with E-state index in [-0.39, 0.29) is 17.8 Å². The van der Waals surface area contributed by atoms with Crippen LogP contribution in [0.25, 0.3) is 11.3 Å². The number of aromatic nitrogens is 2. The molecule has 7 nitrogen and oxygen atoms in total. The maximum absolute atomic E-state index is 14.2. The summed E-state index contributed by atoms with van der Waals surface area (Å²) in [5.41, 5.74) is 2.74. The molecule has 0 aliphatic carbocycles. The van der Waals surface area contributed by atoms with Gasteiger partial charge in [0, 0.05) is 30.0 Å². The zero-order valence-corrected chi connectivity index (χ0v) is 17.9. The fourth-order valence-corrected chi connectivity index (χ4v) is 3.74. The van der Waals surface area contributed by atoms with E-state index in [1.807, 2.05) is 24.3 Å². The van der Waals surface area contributed by atoms with Gasteiger partial charge in [0.15, 0.2) is 0 Å². The minimum absolute atomic E-state index is 0.0807. The predicted octanol–water partition coefficient (Wildman–Crippen LogP) is 3.35. The van der Waals surface area contributed by atoms with E-state index in [0.29, 0.717) is 48.7 Å². The number of hydrogen-bond donors (Lipinski definition) is 1. The highest BCUT2D eigenvalue weighted by molar-refractivity contribution is 5.76. The Hall–Kier alpha value is -3.68. The third-order valence-corrected chi connectivity index (χ3v) is 5.33. The summed E-state index contributed by atoms with van der Waals surface area (Å²) < 4.78 is 30.6. The van der Waals surface area contributed by atoms with E-state index >= 15 is 0 Å². The summed E-state index contributed by atoms with van der Waals surface area (Å²) in [6, 6.07) is 13.8. The number of carbonyl (C=O) groups excluding carboxylic acids is 1. The van der Waals surface area contributed by atoms with Gasteiger partial charge in [-0.25, -0.2) is 4.39 Å². The molecule has 1 N–H and O–H groups in total. The quantitative estimate of drug-likeness (QED) is 0.582. The number of carbonyl (C=O) groups is 1. The third-order valence-electron chi connectivity index (χ3n) is 5.33. The van der Waals surface area contributed by atoms with Gasteiger partial charge in [-0.05, 0) is 36.2 Å². The normalized spacial score (nSPS) is 14.4. The van der Waals surface area contributed by atoms with Gasteiger partial charge in [0.25, 0.3) is 0 Å². The van der Waals surface area contributed by atoms with Crippen LogP contribution in [0.4, 0.5) is 4.39 Å². The molecule has 0 radical (unpaired) electrons. The molecule has 1 amide bonds. The number of para-hydroxylation sites is 1. The zero-order chi connectivity index (χ0) is 22.5. The van der Waals surface area contributed by atoms with Crippen LogP contribution in [0.3, 0.4) is 0 Å². The van der Waals surface area contributed by atoms with E-state index in [4.69, 9.17) is 14.2 Å². The number of nitrogens with one attached hydrogen (secondary N) is 1. The number of halogens is 1. The molecule has 4 rings (SSSR count). The lowest BCUT2D eigenvalue weighted by atomic mass is 10.0. The Morgan fingerprint density at radius 1 is 1.16 bits per heavy atom. The Bertz CT molecular complexity index is 1100. The Morgan fingerprint density at radius 3 is 2.75 bits per heavy atom. The first kappa shape index (κ1) is 21.5. The van der Waals surface area contributed by atoms with E-state index in [1.54, 1.807) is 19.2 Å². The van der Waals surface area contributed by atoms with Gasteiger partial charge in [-0.3, -0.25) is 4.79 Å². The summed E-state index contributed by atoms with van der Waals surface area (Å²) in [7, 11) is 3.12. The smallest absolute Gasteiger partial charge is 0.233 e. The van der Waals surface area contributed by atoms with Crippen LogP contribution in [0.2, 0.25) is 0 Å². The highest BCUT2D eigenvalue weighted by atomic mass is 19.1. The molecule has 1 aliphatic rings. The molecule has 1 atom stereocenters. The maximum Gasteiger partial charge on any atom is 0.233 e. The third kappa shape index (κ3) is 4.80. The summed E-state index contributed by atoms with van der Waals surface area (Å²) in [5, 5.41) is 11.0. The Kier molecular flexibility index (Phi) is 6.49. The monoisotopic (exact) mass is 437 g/mol. The lowest BCUT2D eigenvalue weighted by molar-refractivity contribution is -0.121. The van der Waals surface area contributed by atoms with Crippen LogP contribution in [0.1, 0.15) is 17.5 Å². The van der Waals surface area contributed by atoms with Gasteiger partial charge >= 0.3 is 0 Å². The number of benzene rings is 2. The number of fused-ring (bicyclic) bond motifs is 1. The number of nitrogens with zero attached hydrogens (tertiary/aromatic N) is 2. The SMILES string of the molecule is COc1ccc(-c2cc(F)cc3c2O[C@@H](CNC(=O)CCc2ccccc2OC)C3)nn1. The molecule has 0 saturated heterocycles. The van der Waals surface area contributed by atoms with Gasteiger partial charge in [-0.2, -0.15) is 0 Å². The molecular weight excluding hydrogens is 413 g/mol. The molecule has 0 unspecified atom stereocenters. The lowest BCUT2D eigenvalue weighted by Crippen LogP contribution is -2.34. The molecule has 1 aromatic heterocycles. The Balaban J connectivity index is 1.37. The second kappa shape index (κ2) is 9.64. The average Bonchev–Trinajstić information content (AvgIpc) is 3.23. The molecular formula is C24H24FN3O4. The van der Waals surface area contributed by atoms with Crippen LogP contribution in [0.15, 0.2) is 48.5 Å². The predicted molar refractivity (Wildman–Crippen MR) is 116 cm³/mol. The van der Waals surface area contributed by atoms with Crippen molar-refractivity contribution in [1.29, 1.82) is 0 Å². The molecule has 8 heteroatoms. The summed E-state index contributed by atoms with van der Waals surface area (Å²) in [6.45, 7) is 0.328. The van der Waals surface area contributed by atoms with E-state index < -0.39 is 0 Å². The van der Waals surface area contributed by atoms with Crippen LogP contribution in [-0.4, -0.2) is 43.0 Å². The Labute approximate surface area is 185 Å². The van der Waals surface area contributed by atoms with Crippen molar-refractivity contribution in [1.82, 2.24) is 15.5 Å². The number of aryl methyl sites for hydroxylation is 1. The van der Waals surface area contributed by atoms with Crippen molar-refractivity contribution in [2.45, 2.75) is 25.4 Å². The first-order valence-electron chi connectivity index (χ1n) is 10.3. The number of amides is 1. The zero-order valence-electron chi connectivity index (χ0n) is 17.9. The summed E-state index contributed by atoms with van der Waals surface area (Å²) in [6.07, 6.45) is 1.12. The van der Waals surface area contributed by atoms with Crippen molar-refractivity contribution >= 4 is 5.91 Å². The molecule has 2 aromatic carbocycles. The number of hydrogen-bond acceptors (Lipinski definition) is 6. The maximum atomic E-state index is 14.2. The molecule has 32 heavy (non-hydrogen) atoms. The molecule has 2 heterocycles. The van der Waals surface area contributed by atoms with E-state index in [9.17, 15) is 9.18 Å². The van der Waals surface area contributed by atoms with Crippen LogP contribution in [0, 0.1) is 5.82 Å². The topological polar surface area (TPSA) is 82.6 Å². The van der Waals surface area contributed by atoms with Crippen molar-refractivity contribution in [3.63, 3.8) is 0 Å². The first-order chi connectivity index (χ1) is 15.6. The first-order valence-corrected chi connectivity index (χ1v) is 10.3. The van der Waals surface area contributed by atoms with Crippen molar-refractivity contribution in [2.75, 3.05) is 20.8 Å². The van der Waals surface area contributed by atoms with E-state index in [0.717, 1.165) is 16.9 Å². The summed E-state index contributed by atoms with van der Waals surface area (Å²) >= 11 is 0. The van der Waals surface area contributed by atoms with Crippen molar-refractivity contribution in [3.05, 3.63) is 65.5 Å². The minimum Gasteiger partial charge on any atom is -0.496 e. The van der Waals surface area contributed by atoms with Crippen LogP contribution >= 0.6 is 0 Å². The molecule has 0 saturated carbocycles. The van der Waals surface area contributed by atoms with Crippen LogP contribution in [-0.2, 0) is 17.6 Å². The van der Waals surface area contributed by atoms with Gasteiger partial charge in [-0.1, -0.05) is 18.2 Å². The summed E-state index contributed by atoms with van der Waals surface area (Å²) in [4.78, 5) is 12.4. The van der Waals surface area contributed by atoms with Gasteiger partial charge in [0.05, 0.1) is 26.5 Å². The van der Waals surface area contributed by atoms with Crippen molar-refractivity contribution in [3.8, 4) is 28.6 Å². The average molecular weight is 437 g/mol. The fourth-order valence-electron chi connectivity index (χ4n) is 3.74. The highest BCUT2D eigenvalue weighted by Crippen LogP contribution is 2.39. The van der Waals surface area contributed by atoms with Gasteiger partial charge in [0.1, 0.15) is 23.4 Å². The minimum atomic E-state index is -0.374.